The zero-order chi connectivity index (χ0) is 20.6. The number of hydrogen-bond acceptors (Lipinski definition) is 5. The van der Waals surface area contributed by atoms with Gasteiger partial charge in [0.25, 0.3) is 0 Å². The zero-order valence-corrected chi connectivity index (χ0v) is 18.7. The van der Waals surface area contributed by atoms with Gasteiger partial charge in [-0.25, -0.2) is 9.97 Å². The monoisotopic (exact) mass is 423 g/mol. The summed E-state index contributed by atoms with van der Waals surface area (Å²) in [6.45, 7) is 8.48. The number of aryl methyl sites for hydroxylation is 1. The van der Waals surface area contributed by atoms with Crippen molar-refractivity contribution in [3.05, 3.63) is 23.2 Å². The maximum atomic E-state index is 6.59. The molecule has 7 heteroatoms. The Morgan fingerprint density at radius 1 is 1.17 bits per heavy atom. The summed E-state index contributed by atoms with van der Waals surface area (Å²) in [7, 11) is 0. The van der Waals surface area contributed by atoms with Crippen molar-refractivity contribution in [3.63, 3.8) is 0 Å². The molecule has 3 rings (SSSR count). The van der Waals surface area contributed by atoms with Crippen molar-refractivity contribution in [2.24, 2.45) is 0 Å². The Morgan fingerprint density at radius 2 is 1.97 bits per heavy atom. The van der Waals surface area contributed by atoms with E-state index in [-0.39, 0.29) is 18.4 Å². The Morgan fingerprint density at radius 3 is 2.76 bits per heavy atom. The lowest BCUT2D eigenvalue weighted by Gasteiger charge is -2.28. The van der Waals surface area contributed by atoms with Crippen molar-refractivity contribution in [1.82, 2.24) is 14.5 Å². The molecule has 1 aliphatic heterocycles. The van der Waals surface area contributed by atoms with Gasteiger partial charge in [-0.15, -0.1) is 0 Å². The Hall–Kier alpha value is -1.21. The fourth-order valence-electron chi connectivity index (χ4n) is 3.85. The largest absolute Gasteiger partial charge is 0.379 e. The molecule has 0 saturated carbocycles. The van der Waals surface area contributed by atoms with Gasteiger partial charge in [0.05, 0.1) is 18.1 Å². The van der Waals surface area contributed by atoms with E-state index in [1.54, 1.807) is 0 Å². The molecule has 3 heterocycles. The number of halogens is 1. The van der Waals surface area contributed by atoms with Gasteiger partial charge in [0, 0.05) is 19.4 Å². The number of unbranched alkanes of at least 4 members (excludes halogenated alkanes) is 2. The summed E-state index contributed by atoms with van der Waals surface area (Å²) in [5, 5.41) is 1.38. The molecule has 0 unspecified atom stereocenters. The van der Waals surface area contributed by atoms with Crippen LogP contribution in [0.4, 0.5) is 0 Å². The molecule has 6 nitrogen and oxygen atoms in total. The average molecular weight is 424 g/mol. The highest BCUT2D eigenvalue weighted by Gasteiger charge is 2.31. The van der Waals surface area contributed by atoms with E-state index in [2.05, 4.69) is 34.6 Å². The SMILES string of the molecule is CCCCOC[C@H]1O[C@H](n2cc(C)c3c(Cl)ncnc32)CCC[C@@H]1OCCCC. The molecule has 0 N–H and O–H groups in total. The highest BCUT2D eigenvalue weighted by molar-refractivity contribution is 6.34. The molecule has 2 aromatic rings. The molecule has 162 valence electrons. The first kappa shape index (κ1) is 22.5. The minimum atomic E-state index is -0.114. The molecular formula is C22H34ClN3O3. The van der Waals surface area contributed by atoms with Crippen molar-refractivity contribution in [1.29, 1.82) is 0 Å². The van der Waals surface area contributed by atoms with E-state index in [4.69, 9.17) is 25.8 Å². The molecule has 0 bridgehead atoms. The standard InChI is InChI=1S/C22H34ClN3O3/c1-4-6-11-27-14-18-17(28-12-7-5-2)9-8-10-19(29-18)26-13-16(3)20-21(23)24-15-25-22(20)26/h13,15,17-19H,4-12,14H2,1-3H3/t17-,18+,19-/m0/s1. The van der Waals surface area contributed by atoms with Crippen LogP contribution in [-0.2, 0) is 14.2 Å². The molecule has 0 radical (unpaired) electrons. The smallest absolute Gasteiger partial charge is 0.147 e. The van der Waals surface area contributed by atoms with Crippen molar-refractivity contribution >= 4 is 22.6 Å². The third kappa shape index (κ3) is 5.69. The normalized spacial score (nSPS) is 22.8. The van der Waals surface area contributed by atoms with Crippen molar-refractivity contribution in [2.75, 3.05) is 19.8 Å². The number of ether oxygens (including phenoxy) is 3. The second kappa shape index (κ2) is 11.3. The first-order valence-corrected chi connectivity index (χ1v) is 11.4. The van der Waals surface area contributed by atoms with Crippen LogP contribution in [0.25, 0.3) is 11.0 Å². The molecule has 1 fully saturated rings. The Kier molecular flexibility index (Phi) is 8.72. The predicted molar refractivity (Wildman–Crippen MR) is 115 cm³/mol. The van der Waals surface area contributed by atoms with Gasteiger partial charge >= 0.3 is 0 Å². The molecule has 0 amide bonds. The van der Waals surface area contributed by atoms with Gasteiger partial charge in [-0.1, -0.05) is 38.3 Å². The van der Waals surface area contributed by atoms with E-state index in [1.807, 2.05) is 6.92 Å². The van der Waals surface area contributed by atoms with Gasteiger partial charge in [-0.2, -0.15) is 0 Å². The lowest BCUT2D eigenvalue weighted by Crippen LogP contribution is -2.36. The van der Waals surface area contributed by atoms with Crippen LogP contribution in [0.3, 0.4) is 0 Å². The minimum Gasteiger partial charge on any atom is -0.379 e. The second-order valence-electron chi connectivity index (χ2n) is 7.83. The highest BCUT2D eigenvalue weighted by Crippen LogP contribution is 2.33. The van der Waals surface area contributed by atoms with Gasteiger partial charge in [0.15, 0.2) is 0 Å². The number of rotatable bonds is 10. The van der Waals surface area contributed by atoms with Gasteiger partial charge in [0.2, 0.25) is 0 Å². The Labute approximate surface area is 178 Å². The molecule has 29 heavy (non-hydrogen) atoms. The molecule has 3 atom stereocenters. The average Bonchev–Trinajstić information content (AvgIpc) is 2.92. The van der Waals surface area contributed by atoms with E-state index < -0.39 is 0 Å². The highest BCUT2D eigenvalue weighted by atomic mass is 35.5. The molecule has 1 aliphatic rings. The van der Waals surface area contributed by atoms with E-state index in [9.17, 15) is 0 Å². The lowest BCUT2D eigenvalue weighted by atomic mass is 10.1. The van der Waals surface area contributed by atoms with E-state index in [1.165, 1.54) is 6.33 Å². The lowest BCUT2D eigenvalue weighted by molar-refractivity contribution is -0.137. The molecule has 0 spiro atoms. The molecule has 0 aliphatic carbocycles. The molecule has 2 aromatic heterocycles. The van der Waals surface area contributed by atoms with Crippen LogP contribution >= 0.6 is 11.6 Å². The van der Waals surface area contributed by atoms with E-state index in [0.717, 1.165) is 74.8 Å². The number of aromatic nitrogens is 3. The van der Waals surface area contributed by atoms with Crippen molar-refractivity contribution in [2.45, 2.75) is 84.2 Å². The van der Waals surface area contributed by atoms with Crippen LogP contribution in [0.1, 0.15) is 70.6 Å². The van der Waals surface area contributed by atoms with Crippen LogP contribution in [-0.4, -0.2) is 46.6 Å². The van der Waals surface area contributed by atoms with Crippen LogP contribution in [0.2, 0.25) is 5.15 Å². The van der Waals surface area contributed by atoms with Crippen LogP contribution in [0.15, 0.2) is 12.5 Å². The molecule has 0 aromatic carbocycles. The number of nitrogens with zero attached hydrogens (tertiary/aromatic N) is 3. The van der Waals surface area contributed by atoms with Crippen molar-refractivity contribution < 1.29 is 14.2 Å². The summed E-state index contributed by atoms with van der Waals surface area (Å²) in [4.78, 5) is 8.62. The summed E-state index contributed by atoms with van der Waals surface area (Å²) < 4.78 is 20.8. The maximum absolute atomic E-state index is 6.59. The fraction of sp³-hybridized carbons (Fsp3) is 0.727. The van der Waals surface area contributed by atoms with Gasteiger partial charge in [0.1, 0.15) is 29.5 Å². The number of fused-ring (bicyclic) bond motifs is 1. The summed E-state index contributed by atoms with van der Waals surface area (Å²) >= 11 is 6.32. The summed E-state index contributed by atoms with van der Waals surface area (Å²) in [6.07, 6.45) is 10.8. The topological polar surface area (TPSA) is 58.4 Å². The quantitative estimate of drug-likeness (QED) is 0.375. The first-order chi connectivity index (χ1) is 14.2. The van der Waals surface area contributed by atoms with Crippen LogP contribution in [0.5, 0.6) is 0 Å². The van der Waals surface area contributed by atoms with Gasteiger partial charge in [-0.05, 0) is 44.6 Å². The maximum Gasteiger partial charge on any atom is 0.147 e. The third-order valence-electron chi connectivity index (χ3n) is 5.50. The van der Waals surface area contributed by atoms with E-state index >= 15 is 0 Å². The second-order valence-corrected chi connectivity index (χ2v) is 8.19. The van der Waals surface area contributed by atoms with Gasteiger partial charge in [-0.3, -0.25) is 0 Å². The van der Waals surface area contributed by atoms with Crippen LogP contribution in [0, 0.1) is 6.92 Å². The fourth-order valence-corrected chi connectivity index (χ4v) is 4.13. The predicted octanol–water partition coefficient (Wildman–Crippen LogP) is 5.46. The summed E-state index contributed by atoms with van der Waals surface area (Å²) in [5.41, 5.74) is 1.88. The summed E-state index contributed by atoms with van der Waals surface area (Å²) in [6, 6.07) is 0. The zero-order valence-electron chi connectivity index (χ0n) is 17.9. The minimum absolute atomic E-state index is 0.0642. The van der Waals surface area contributed by atoms with E-state index in [0.29, 0.717) is 11.8 Å². The summed E-state index contributed by atoms with van der Waals surface area (Å²) in [5.74, 6) is 0. The number of hydrogen-bond donors (Lipinski definition) is 0. The third-order valence-corrected chi connectivity index (χ3v) is 5.79. The van der Waals surface area contributed by atoms with Crippen LogP contribution < -0.4 is 0 Å². The Bertz CT molecular complexity index is 767. The van der Waals surface area contributed by atoms with Gasteiger partial charge < -0.3 is 18.8 Å². The molecule has 1 saturated heterocycles. The molecular weight excluding hydrogens is 390 g/mol. The Balaban J connectivity index is 1.79. The first-order valence-electron chi connectivity index (χ1n) is 11.0. The van der Waals surface area contributed by atoms with Crippen molar-refractivity contribution in [3.8, 4) is 0 Å².